The summed E-state index contributed by atoms with van der Waals surface area (Å²) in [7, 11) is 0. The summed E-state index contributed by atoms with van der Waals surface area (Å²) in [6.07, 6.45) is 4.21. The molecule has 1 aromatic heterocycles. The van der Waals surface area contributed by atoms with Crippen LogP contribution in [0.3, 0.4) is 0 Å². The van der Waals surface area contributed by atoms with Crippen molar-refractivity contribution in [1.82, 2.24) is 15.6 Å². The van der Waals surface area contributed by atoms with Crippen molar-refractivity contribution in [2.75, 3.05) is 12.0 Å². The van der Waals surface area contributed by atoms with Crippen molar-refractivity contribution in [3.05, 3.63) is 94.8 Å². The number of nitrogens with zero attached hydrogens (tertiary/aromatic N) is 1. The lowest BCUT2D eigenvalue weighted by molar-refractivity contribution is -0.123. The first-order chi connectivity index (χ1) is 16.1. The highest BCUT2D eigenvalue weighted by Gasteiger charge is 2.22. The fourth-order valence-electron chi connectivity index (χ4n) is 3.04. The van der Waals surface area contributed by atoms with E-state index in [0.29, 0.717) is 30.2 Å². The predicted octanol–water partition coefficient (Wildman–Crippen LogP) is 4.48. The number of thioether (sulfide) groups is 1. The molecule has 0 aliphatic carbocycles. The van der Waals surface area contributed by atoms with Gasteiger partial charge in [-0.1, -0.05) is 41.9 Å². The summed E-state index contributed by atoms with van der Waals surface area (Å²) in [5.74, 6) is 0.861. The fraction of sp³-hybridized carbons (Fsp3) is 0.240. The van der Waals surface area contributed by atoms with Crippen LogP contribution < -0.4 is 15.4 Å². The van der Waals surface area contributed by atoms with E-state index in [9.17, 15) is 9.59 Å². The molecular weight excluding hydrogens is 458 g/mol. The van der Waals surface area contributed by atoms with E-state index in [1.54, 1.807) is 42.2 Å². The van der Waals surface area contributed by atoms with E-state index in [1.807, 2.05) is 48.7 Å². The predicted molar refractivity (Wildman–Crippen MR) is 133 cm³/mol. The number of carbonyl (C=O) groups is 2. The number of benzene rings is 2. The molecule has 6 nitrogen and oxygen atoms in total. The van der Waals surface area contributed by atoms with Crippen LogP contribution in [-0.2, 0) is 17.9 Å². The Morgan fingerprint density at radius 1 is 1.06 bits per heavy atom. The lowest BCUT2D eigenvalue weighted by Gasteiger charge is -2.18. The summed E-state index contributed by atoms with van der Waals surface area (Å²) >= 11 is 7.74. The summed E-state index contributed by atoms with van der Waals surface area (Å²) in [5, 5.41) is 6.07. The third-order valence-electron chi connectivity index (χ3n) is 4.85. The zero-order valence-electron chi connectivity index (χ0n) is 18.3. The lowest BCUT2D eigenvalue weighted by Crippen LogP contribution is -2.47. The monoisotopic (exact) mass is 483 g/mol. The number of amides is 2. The van der Waals surface area contributed by atoms with E-state index >= 15 is 0 Å². The number of ether oxygens (including phenoxy) is 1. The molecule has 2 N–H and O–H groups in total. The van der Waals surface area contributed by atoms with Crippen LogP contribution in [0, 0.1) is 0 Å². The number of hydrogen-bond acceptors (Lipinski definition) is 5. The average molecular weight is 484 g/mol. The normalized spacial score (nSPS) is 11.5. The van der Waals surface area contributed by atoms with Crippen molar-refractivity contribution in [2.45, 2.75) is 25.6 Å². The van der Waals surface area contributed by atoms with Gasteiger partial charge in [-0.3, -0.25) is 14.6 Å². The maximum Gasteiger partial charge on any atom is 0.253 e. The Morgan fingerprint density at radius 3 is 2.52 bits per heavy atom. The molecular formula is C25H26ClN3O3S. The van der Waals surface area contributed by atoms with Gasteiger partial charge in [-0.2, -0.15) is 11.8 Å². The Bertz CT molecular complexity index is 1050. The Kier molecular flexibility index (Phi) is 9.59. The second kappa shape index (κ2) is 12.9. The van der Waals surface area contributed by atoms with Crippen molar-refractivity contribution in [3.63, 3.8) is 0 Å². The van der Waals surface area contributed by atoms with Crippen molar-refractivity contribution in [2.24, 2.45) is 0 Å². The first-order valence-electron chi connectivity index (χ1n) is 10.5. The summed E-state index contributed by atoms with van der Waals surface area (Å²) in [4.78, 5) is 29.7. The zero-order valence-corrected chi connectivity index (χ0v) is 19.9. The Hall–Kier alpha value is -3.03. The highest BCUT2D eigenvalue weighted by atomic mass is 35.5. The van der Waals surface area contributed by atoms with Gasteiger partial charge in [-0.05, 0) is 60.4 Å². The quantitative estimate of drug-likeness (QED) is 0.420. The molecule has 2 aromatic carbocycles. The van der Waals surface area contributed by atoms with Gasteiger partial charge in [0, 0.05) is 12.7 Å². The second-order valence-electron chi connectivity index (χ2n) is 7.26. The molecule has 0 spiro atoms. The smallest absolute Gasteiger partial charge is 0.253 e. The summed E-state index contributed by atoms with van der Waals surface area (Å²) in [5.41, 5.74) is 2.13. The molecule has 0 fully saturated rings. The lowest BCUT2D eigenvalue weighted by atomic mass is 10.1. The van der Waals surface area contributed by atoms with Crippen LogP contribution in [0.25, 0.3) is 0 Å². The molecule has 1 atom stereocenters. The second-order valence-corrected chi connectivity index (χ2v) is 8.65. The fourth-order valence-corrected chi connectivity index (χ4v) is 3.74. The number of halogens is 1. The van der Waals surface area contributed by atoms with Gasteiger partial charge in [0.2, 0.25) is 5.91 Å². The van der Waals surface area contributed by atoms with Crippen LogP contribution in [0.1, 0.15) is 28.0 Å². The van der Waals surface area contributed by atoms with E-state index in [4.69, 9.17) is 16.3 Å². The first kappa shape index (κ1) is 24.6. The number of carbonyl (C=O) groups excluding carboxylic acids is 2. The third-order valence-corrected chi connectivity index (χ3v) is 5.83. The highest BCUT2D eigenvalue weighted by molar-refractivity contribution is 7.98. The maximum absolute atomic E-state index is 12.8. The molecule has 3 aromatic rings. The molecule has 1 unspecified atom stereocenters. The van der Waals surface area contributed by atoms with Crippen LogP contribution in [0.5, 0.6) is 5.75 Å². The average Bonchev–Trinajstić information content (AvgIpc) is 2.85. The number of rotatable bonds is 11. The molecule has 0 bridgehead atoms. The van der Waals surface area contributed by atoms with E-state index in [2.05, 4.69) is 15.6 Å². The van der Waals surface area contributed by atoms with Crippen LogP contribution in [0.15, 0.2) is 72.9 Å². The summed E-state index contributed by atoms with van der Waals surface area (Å²) in [6, 6.07) is 19.3. The van der Waals surface area contributed by atoms with Gasteiger partial charge in [-0.15, -0.1) is 0 Å². The van der Waals surface area contributed by atoms with Crippen LogP contribution in [0.2, 0.25) is 5.02 Å². The summed E-state index contributed by atoms with van der Waals surface area (Å²) in [6.45, 7) is 0.732. The van der Waals surface area contributed by atoms with E-state index in [0.717, 1.165) is 22.8 Å². The Morgan fingerprint density at radius 2 is 1.82 bits per heavy atom. The van der Waals surface area contributed by atoms with Crippen molar-refractivity contribution < 1.29 is 14.3 Å². The van der Waals surface area contributed by atoms with Gasteiger partial charge in [0.25, 0.3) is 5.91 Å². The van der Waals surface area contributed by atoms with E-state index in [1.165, 1.54) is 0 Å². The number of pyridine rings is 1. The Balaban J connectivity index is 1.53. The minimum Gasteiger partial charge on any atom is -0.487 e. The molecule has 1 heterocycles. The largest absolute Gasteiger partial charge is 0.487 e. The van der Waals surface area contributed by atoms with Crippen LogP contribution in [-0.4, -0.2) is 34.8 Å². The summed E-state index contributed by atoms with van der Waals surface area (Å²) < 4.78 is 5.74. The van der Waals surface area contributed by atoms with Gasteiger partial charge in [0.05, 0.1) is 16.3 Å². The molecule has 0 radical (unpaired) electrons. The molecule has 8 heteroatoms. The minimum atomic E-state index is -0.651. The SMILES string of the molecule is CSCCC(NC(=O)c1ccccc1Cl)C(=O)NCc1ccc(OCc2ccccn2)cc1. The minimum absolute atomic E-state index is 0.236. The standard InChI is InChI=1S/C25H26ClN3O3S/c1-33-15-13-23(29-24(30)21-7-2-3-8-22(21)26)25(31)28-16-18-9-11-20(12-10-18)32-17-19-6-4-5-14-27-19/h2-12,14,23H,13,15-17H2,1H3,(H,28,31)(H,29,30). The van der Waals surface area contributed by atoms with Gasteiger partial charge in [0.15, 0.2) is 0 Å². The third kappa shape index (κ3) is 7.80. The van der Waals surface area contributed by atoms with Gasteiger partial charge in [0.1, 0.15) is 18.4 Å². The van der Waals surface area contributed by atoms with Crippen LogP contribution in [0.4, 0.5) is 0 Å². The molecule has 0 aliphatic heterocycles. The zero-order chi connectivity index (χ0) is 23.5. The first-order valence-corrected chi connectivity index (χ1v) is 12.3. The number of hydrogen-bond donors (Lipinski definition) is 2. The molecule has 33 heavy (non-hydrogen) atoms. The van der Waals surface area contributed by atoms with Gasteiger partial charge >= 0.3 is 0 Å². The van der Waals surface area contributed by atoms with Crippen molar-refractivity contribution in [1.29, 1.82) is 0 Å². The van der Waals surface area contributed by atoms with Gasteiger partial charge < -0.3 is 15.4 Å². The van der Waals surface area contributed by atoms with Crippen LogP contribution >= 0.6 is 23.4 Å². The maximum atomic E-state index is 12.8. The van der Waals surface area contributed by atoms with Crippen molar-refractivity contribution in [3.8, 4) is 5.75 Å². The van der Waals surface area contributed by atoms with E-state index in [-0.39, 0.29) is 11.8 Å². The molecule has 2 amide bonds. The van der Waals surface area contributed by atoms with Crippen molar-refractivity contribution >= 4 is 35.2 Å². The van der Waals surface area contributed by atoms with E-state index < -0.39 is 6.04 Å². The van der Waals surface area contributed by atoms with Gasteiger partial charge in [-0.25, -0.2) is 0 Å². The number of nitrogens with one attached hydrogen (secondary N) is 2. The molecule has 0 saturated carbocycles. The molecule has 172 valence electrons. The molecule has 3 rings (SSSR count). The molecule has 0 aliphatic rings. The number of aromatic nitrogens is 1. The highest BCUT2D eigenvalue weighted by Crippen LogP contribution is 2.16. The Labute approximate surface area is 203 Å². The molecule has 0 saturated heterocycles. The topological polar surface area (TPSA) is 80.3 Å².